The number of carbonyl (C=O) groups is 1. The molecule has 2 rings (SSSR count). The summed E-state index contributed by atoms with van der Waals surface area (Å²) in [5, 5.41) is 0. The SMILES string of the molecule is NC(=O)C1Cc2cc(Br)ccc2O1. The molecule has 13 heavy (non-hydrogen) atoms. The van der Waals surface area contributed by atoms with Crippen LogP contribution in [-0.4, -0.2) is 12.0 Å². The van der Waals surface area contributed by atoms with Crippen LogP contribution in [0.25, 0.3) is 0 Å². The van der Waals surface area contributed by atoms with Gasteiger partial charge < -0.3 is 10.5 Å². The Bertz CT molecular complexity index is 365. The fourth-order valence-corrected chi connectivity index (χ4v) is 1.78. The van der Waals surface area contributed by atoms with Crippen LogP contribution >= 0.6 is 15.9 Å². The molecule has 0 radical (unpaired) electrons. The number of primary amides is 1. The summed E-state index contributed by atoms with van der Waals surface area (Å²) >= 11 is 3.35. The van der Waals surface area contributed by atoms with Crippen molar-refractivity contribution in [2.45, 2.75) is 12.5 Å². The van der Waals surface area contributed by atoms with Gasteiger partial charge in [-0.3, -0.25) is 4.79 Å². The summed E-state index contributed by atoms with van der Waals surface area (Å²) in [5.41, 5.74) is 6.17. The molecule has 3 nitrogen and oxygen atoms in total. The molecule has 1 aromatic carbocycles. The minimum Gasteiger partial charge on any atom is -0.480 e. The molecule has 2 N–H and O–H groups in total. The molecule has 1 atom stereocenters. The molecule has 1 aliphatic rings. The third-order valence-corrected chi connectivity index (χ3v) is 2.51. The van der Waals surface area contributed by atoms with E-state index in [0.29, 0.717) is 6.42 Å². The van der Waals surface area contributed by atoms with Crippen LogP contribution in [0.4, 0.5) is 0 Å². The molecule has 0 bridgehead atoms. The van der Waals surface area contributed by atoms with Gasteiger partial charge in [0.1, 0.15) is 5.75 Å². The number of benzene rings is 1. The highest BCUT2D eigenvalue weighted by atomic mass is 79.9. The van der Waals surface area contributed by atoms with Gasteiger partial charge in [-0.15, -0.1) is 0 Å². The summed E-state index contributed by atoms with van der Waals surface area (Å²) in [4.78, 5) is 10.8. The van der Waals surface area contributed by atoms with Gasteiger partial charge in [0.15, 0.2) is 6.10 Å². The van der Waals surface area contributed by atoms with Crippen molar-refractivity contribution in [3.63, 3.8) is 0 Å². The van der Waals surface area contributed by atoms with Crippen LogP contribution in [0.15, 0.2) is 22.7 Å². The molecule has 0 saturated heterocycles. The van der Waals surface area contributed by atoms with Crippen molar-refractivity contribution in [2.75, 3.05) is 0 Å². The number of halogens is 1. The van der Waals surface area contributed by atoms with E-state index in [1.165, 1.54) is 0 Å². The normalized spacial score (nSPS) is 19.3. The quantitative estimate of drug-likeness (QED) is 0.805. The molecule has 1 aromatic rings. The standard InChI is InChI=1S/C9H8BrNO2/c10-6-1-2-7-5(3-6)4-8(13-7)9(11)12/h1-3,8H,4H2,(H2,11,12). The summed E-state index contributed by atoms with van der Waals surface area (Å²) in [7, 11) is 0. The van der Waals surface area contributed by atoms with Crippen molar-refractivity contribution in [3.8, 4) is 5.75 Å². The Labute approximate surface area is 84.0 Å². The summed E-state index contributed by atoms with van der Waals surface area (Å²) in [6.45, 7) is 0. The molecule has 0 spiro atoms. The fourth-order valence-electron chi connectivity index (χ4n) is 1.38. The highest BCUT2D eigenvalue weighted by molar-refractivity contribution is 9.10. The topological polar surface area (TPSA) is 52.3 Å². The summed E-state index contributed by atoms with van der Waals surface area (Å²) in [5.74, 6) is 0.347. The van der Waals surface area contributed by atoms with Gasteiger partial charge in [0.05, 0.1) is 0 Å². The summed E-state index contributed by atoms with van der Waals surface area (Å²) in [6.07, 6.45) is 0.0775. The Balaban J connectivity index is 2.30. The van der Waals surface area contributed by atoms with Crippen molar-refractivity contribution in [2.24, 2.45) is 5.73 Å². The molecule has 1 aliphatic heterocycles. The average Bonchev–Trinajstić information content (AvgIpc) is 2.46. The Morgan fingerprint density at radius 1 is 1.62 bits per heavy atom. The van der Waals surface area contributed by atoms with Crippen LogP contribution in [-0.2, 0) is 11.2 Å². The predicted octanol–water partition coefficient (Wildman–Crippen LogP) is 1.24. The lowest BCUT2D eigenvalue weighted by Crippen LogP contribution is -2.31. The van der Waals surface area contributed by atoms with Gasteiger partial charge in [0.2, 0.25) is 0 Å². The van der Waals surface area contributed by atoms with Crippen molar-refractivity contribution >= 4 is 21.8 Å². The zero-order chi connectivity index (χ0) is 9.42. The van der Waals surface area contributed by atoms with Gasteiger partial charge in [0, 0.05) is 10.9 Å². The molecular formula is C9H8BrNO2. The van der Waals surface area contributed by atoms with E-state index in [1.54, 1.807) is 0 Å². The van der Waals surface area contributed by atoms with E-state index in [9.17, 15) is 4.79 Å². The molecule has 1 heterocycles. The van der Waals surface area contributed by atoms with Crippen molar-refractivity contribution in [1.82, 2.24) is 0 Å². The minimum absolute atomic E-state index is 0.410. The van der Waals surface area contributed by atoms with Crippen LogP contribution < -0.4 is 10.5 Å². The largest absolute Gasteiger partial charge is 0.480 e. The molecule has 0 saturated carbocycles. The van der Waals surface area contributed by atoms with E-state index >= 15 is 0 Å². The van der Waals surface area contributed by atoms with E-state index < -0.39 is 12.0 Å². The molecule has 0 aromatic heterocycles. The van der Waals surface area contributed by atoms with Gasteiger partial charge >= 0.3 is 0 Å². The molecule has 68 valence electrons. The Morgan fingerprint density at radius 3 is 3.08 bits per heavy atom. The van der Waals surface area contributed by atoms with Gasteiger partial charge in [0.25, 0.3) is 5.91 Å². The summed E-state index contributed by atoms with van der Waals surface area (Å²) in [6, 6.07) is 5.66. The average molecular weight is 242 g/mol. The number of hydrogen-bond donors (Lipinski definition) is 1. The van der Waals surface area contributed by atoms with Crippen LogP contribution in [0.1, 0.15) is 5.56 Å². The van der Waals surface area contributed by atoms with Crippen molar-refractivity contribution < 1.29 is 9.53 Å². The lowest BCUT2D eigenvalue weighted by atomic mass is 10.1. The van der Waals surface area contributed by atoms with E-state index in [4.69, 9.17) is 10.5 Å². The number of hydrogen-bond acceptors (Lipinski definition) is 2. The van der Waals surface area contributed by atoms with E-state index in [0.717, 1.165) is 15.8 Å². The number of ether oxygens (including phenoxy) is 1. The Kier molecular flexibility index (Phi) is 2.00. The van der Waals surface area contributed by atoms with Gasteiger partial charge in [-0.25, -0.2) is 0 Å². The number of nitrogens with two attached hydrogens (primary N) is 1. The predicted molar refractivity (Wildman–Crippen MR) is 51.5 cm³/mol. The second-order valence-electron chi connectivity index (χ2n) is 2.97. The lowest BCUT2D eigenvalue weighted by molar-refractivity contribution is -0.123. The Morgan fingerprint density at radius 2 is 2.38 bits per heavy atom. The molecule has 0 aliphatic carbocycles. The number of rotatable bonds is 1. The molecule has 4 heteroatoms. The smallest absolute Gasteiger partial charge is 0.258 e. The van der Waals surface area contributed by atoms with Gasteiger partial charge in [-0.1, -0.05) is 15.9 Å². The van der Waals surface area contributed by atoms with Crippen molar-refractivity contribution in [3.05, 3.63) is 28.2 Å². The van der Waals surface area contributed by atoms with E-state index in [2.05, 4.69) is 15.9 Å². The monoisotopic (exact) mass is 241 g/mol. The number of fused-ring (bicyclic) bond motifs is 1. The molecule has 1 amide bonds. The second-order valence-corrected chi connectivity index (χ2v) is 3.88. The minimum atomic E-state index is -0.496. The fraction of sp³-hybridized carbons (Fsp3) is 0.222. The Hall–Kier alpha value is -1.03. The lowest BCUT2D eigenvalue weighted by Gasteiger charge is -2.04. The first-order chi connectivity index (χ1) is 6.16. The van der Waals surface area contributed by atoms with Gasteiger partial charge in [-0.05, 0) is 23.8 Å². The molecule has 0 fully saturated rings. The molecular weight excluding hydrogens is 234 g/mol. The maximum absolute atomic E-state index is 10.8. The van der Waals surface area contributed by atoms with E-state index in [1.807, 2.05) is 18.2 Å². The second kappa shape index (κ2) is 3.03. The van der Waals surface area contributed by atoms with Crippen LogP contribution in [0.2, 0.25) is 0 Å². The van der Waals surface area contributed by atoms with Crippen LogP contribution in [0.3, 0.4) is 0 Å². The number of amides is 1. The third-order valence-electron chi connectivity index (χ3n) is 2.01. The van der Waals surface area contributed by atoms with Crippen molar-refractivity contribution in [1.29, 1.82) is 0 Å². The third kappa shape index (κ3) is 1.54. The maximum Gasteiger partial charge on any atom is 0.258 e. The first kappa shape index (κ1) is 8.56. The molecule has 1 unspecified atom stereocenters. The highest BCUT2D eigenvalue weighted by Crippen LogP contribution is 2.30. The summed E-state index contributed by atoms with van der Waals surface area (Å²) < 4.78 is 6.31. The zero-order valence-corrected chi connectivity index (χ0v) is 8.37. The van der Waals surface area contributed by atoms with Crippen LogP contribution in [0, 0.1) is 0 Å². The van der Waals surface area contributed by atoms with Gasteiger partial charge in [-0.2, -0.15) is 0 Å². The maximum atomic E-state index is 10.8. The highest BCUT2D eigenvalue weighted by Gasteiger charge is 2.26. The number of carbonyl (C=O) groups excluding carboxylic acids is 1. The van der Waals surface area contributed by atoms with Crippen LogP contribution in [0.5, 0.6) is 5.75 Å². The van der Waals surface area contributed by atoms with E-state index in [-0.39, 0.29) is 0 Å². The first-order valence-corrected chi connectivity index (χ1v) is 4.70. The zero-order valence-electron chi connectivity index (χ0n) is 6.79. The first-order valence-electron chi connectivity index (χ1n) is 3.91.